The molecule has 0 radical (unpaired) electrons. The van der Waals surface area contributed by atoms with Crippen LogP contribution < -0.4 is 0 Å². The van der Waals surface area contributed by atoms with Gasteiger partial charge in [0.1, 0.15) is 5.65 Å². The lowest BCUT2D eigenvalue weighted by atomic mass is 10.0. The Kier molecular flexibility index (Phi) is 4.24. The number of fused-ring (bicyclic) bond motifs is 1. The summed E-state index contributed by atoms with van der Waals surface area (Å²) in [4.78, 5) is 10.6. The highest BCUT2D eigenvalue weighted by molar-refractivity contribution is 5.82. The fourth-order valence-corrected chi connectivity index (χ4v) is 3.55. The molecule has 1 aliphatic rings. The van der Waals surface area contributed by atoms with E-state index in [1.165, 1.54) is 22.2 Å². The molecule has 120 valence electrons. The molecule has 3 heterocycles. The topological polar surface area (TPSA) is 41.2 Å². The van der Waals surface area contributed by atoms with Crippen LogP contribution in [0.25, 0.3) is 11.0 Å². The number of nitrogens with one attached hydrogen (secondary N) is 1. The molecule has 4 nitrogen and oxygen atoms in total. The molecule has 1 saturated heterocycles. The maximum absolute atomic E-state index is 5.86. The molecule has 1 aliphatic heterocycles. The van der Waals surface area contributed by atoms with Crippen molar-refractivity contribution in [3.8, 4) is 0 Å². The molecule has 3 rings (SSSR count). The third-order valence-electron chi connectivity index (χ3n) is 4.38. The third-order valence-corrected chi connectivity index (χ3v) is 4.38. The van der Waals surface area contributed by atoms with Crippen molar-refractivity contribution in [3.05, 3.63) is 29.1 Å². The Morgan fingerprint density at radius 3 is 2.64 bits per heavy atom. The highest BCUT2D eigenvalue weighted by Crippen LogP contribution is 2.29. The number of pyridine rings is 1. The van der Waals surface area contributed by atoms with Crippen LogP contribution in [0.3, 0.4) is 0 Å². The van der Waals surface area contributed by atoms with E-state index in [1.54, 1.807) is 0 Å². The second-order valence-corrected chi connectivity index (χ2v) is 7.03. The zero-order valence-corrected chi connectivity index (χ0v) is 14.3. The Hall–Kier alpha value is -1.39. The van der Waals surface area contributed by atoms with Gasteiger partial charge >= 0.3 is 0 Å². The summed E-state index contributed by atoms with van der Waals surface area (Å²) in [5.41, 5.74) is 4.95. The van der Waals surface area contributed by atoms with Crippen LogP contribution in [-0.4, -0.2) is 40.2 Å². The van der Waals surface area contributed by atoms with Crippen LogP contribution in [0.4, 0.5) is 0 Å². The summed E-state index contributed by atoms with van der Waals surface area (Å²) in [6, 6.07) is 2.26. The first-order chi connectivity index (χ1) is 10.4. The number of aryl methyl sites for hydroxylation is 1. The van der Waals surface area contributed by atoms with Crippen LogP contribution in [0.5, 0.6) is 0 Å². The largest absolute Gasteiger partial charge is 0.373 e. The molecule has 0 amide bonds. The Balaban J connectivity index is 1.97. The van der Waals surface area contributed by atoms with E-state index in [9.17, 15) is 0 Å². The summed E-state index contributed by atoms with van der Waals surface area (Å²) in [6.45, 7) is 13.9. The monoisotopic (exact) mass is 301 g/mol. The standard InChI is InChI=1S/C18H27N3O/c1-11(2)17-16(10-21-8-13(4)22-14(5)9-21)15-6-12(3)7-19-18(15)20-17/h6-7,11,13-14H,8-10H2,1-5H3,(H,19,20)/t13-,14-/m1/s1. The molecule has 4 heteroatoms. The van der Waals surface area contributed by atoms with Crippen molar-refractivity contribution in [1.29, 1.82) is 0 Å². The molecular weight excluding hydrogens is 274 g/mol. The van der Waals surface area contributed by atoms with Gasteiger partial charge in [0.15, 0.2) is 0 Å². The quantitative estimate of drug-likeness (QED) is 0.941. The number of hydrogen-bond acceptors (Lipinski definition) is 3. The SMILES string of the molecule is Cc1cnc2[nH]c(C(C)C)c(CN3C[C@@H](C)O[C@H](C)C3)c2c1. The average molecular weight is 301 g/mol. The lowest BCUT2D eigenvalue weighted by Gasteiger charge is -2.35. The minimum Gasteiger partial charge on any atom is -0.373 e. The molecule has 2 aromatic heterocycles. The highest BCUT2D eigenvalue weighted by atomic mass is 16.5. The van der Waals surface area contributed by atoms with Gasteiger partial charge in [0, 0.05) is 36.9 Å². The van der Waals surface area contributed by atoms with Crippen LogP contribution in [0, 0.1) is 6.92 Å². The van der Waals surface area contributed by atoms with E-state index in [0.29, 0.717) is 18.1 Å². The molecule has 2 atom stereocenters. The predicted octanol–water partition coefficient (Wildman–Crippen LogP) is 3.60. The number of aromatic nitrogens is 2. The molecule has 0 spiro atoms. The maximum Gasteiger partial charge on any atom is 0.137 e. The van der Waals surface area contributed by atoms with E-state index in [-0.39, 0.29) is 0 Å². The first-order valence-corrected chi connectivity index (χ1v) is 8.29. The zero-order chi connectivity index (χ0) is 15.9. The second kappa shape index (κ2) is 6.01. The highest BCUT2D eigenvalue weighted by Gasteiger charge is 2.24. The van der Waals surface area contributed by atoms with Crippen molar-refractivity contribution in [2.75, 3.05) is 13.1 Å². The molecule has 1 fully saturated rings. The van der Waals surface area contributed by atoms with Crippen molar-refractivity contribution in [2.45, 2.75) is 59.3 Å². The number of nitrogens with zero attached hydrogens (tertiary/aromatic N) is 2. The van der Waals surface area contributed by atoms with Gasteiger partial charge in [-0.2, -0.15) is 0 Å². The lowest BCUT2D eigenvalue weighted by Crippen LogP contribution is -2.44. The Morgan fingerprint density at radius 1 is 1.32 bits per heavy atom. The number of morpholine rings is 1. The summed E-state index contributed by atoms with van der Waals surface area (Å²) in [7, 11) is 0. The van der Waals surface area contributed by atoms with Crippen LogP contribution in [0.1, 0.15) is 50.4 Å². The molecule has 0 bridgehead atoms. The molecule has 2 aromatic rings. The van der Waals surface area contributed by atoms with Gasteiger partial charge in [-0.25, -0.2) is 4.98 Å². The Labute approximate surface area is 132 Å². The van der Waals surface area contributed by atoms with Crippen LogP contribution in [0.2, 0.25) is 0 Å². The fraction of sp³-hybridized carbons (Fsp3) is 0.611. The number of H-pyrrole nitrogens is 1. The second-order valence-electron chi connectivity index (χ2n) is 7.03. The van der Waals surface area contributed by atoms with E-state index in [2.05, 4.69) is 55.6 Å². The van der Waals surface area contributed by atoms with Crippen molar-refractivity contribution >= 4 is 11.0 Å². The van der Waals surface area contributed by atoms with Gasteiger partial charge < -0.3 is 9.72 Å². The lowest BCUT2D eigenvalue weighted by molar-refractivity contribution is -0.0704. The minimum atomic E-state index is 0.302. The summed E-state index contributed by atoms with van der Waals surface area (Å²) < 4.78 is 5.86. The number of aromatic amines is 1. The summed E-state index contributed by atoms with van der Waals surface area (Å²) in [5, 5.41) is 1.27. The molecule has 0 aromatic carbocycles. The first-order valence-electron chi connectivity index (χ1n) is 8.29. The molecular formula is C18H27N3O. The van der Waals surface area contributed by atoms with E-state index in [4.69, 9.17) is 4.74 Å². The van der Waals surface area contributed by atoms with Gasteiger partial charge in [-0.3, -0.25) is 4.90 Å². The number of ether oxygens (including phenoxy) is 1. The Morgan fingerprint density at radius 2 is 2.00 bits per heavy atom. The zero-order valence-electron chi connectivity index (χ0n) is 14.3. The van der Waals surface area contributed by atoms with Crippen LogP contribution >= 0.6 is 0 Å². The normalized spacial score (nSPS) is 23.5. The van der Waals surface area contributed by atoms with Gasteiger partial charge in [-0.05, 0) is 43.9 Å². The predicted molar refractivity (Wildman–Crippen MR) is 90.2 cm³/mol. The Bertz CT molecular complexity index is 652. The van der Waals surface area contributed by atoms with Gasteiger partial charge in [-0.15, -0.1) is 0 Å². The summed E-state index contributed by atoms with van der Waals surface area (Å²) >= 11 is 0. The van der Waals surface area contributed by atoms with Crippen molar-refractivity contribution in [2.24, 2.45) is 0 Å². The fourth-order valence-electron chi connectivity index (χ4n) is 3.55. The minimum absolute atomic E-state index is 0.302. The molecule has 22 heavy (non-hydrogen) atoms. The van der Waals surface area contributed by atoms with Gasteiger partial charge in [0.2, 0.25) is 0 Å². The molecule has 0 unspecified atom stereocenters. The van der Waals surface area contributed by atoms with Gasteiger partial charge in [0.25, 0.3) is 0 Å². The van der Waals surface area contributed by atoms with Crippen LogP contribution in [-0.2, 0) is 11.3 Å². The smallest absolute Gasteiger partial charge is 0.137 e. The molecule has 1 N–H and O–H groups in total. The van der Waals surface area contributed by atoms with E-state index in [1.807, 2.05) is 6.20 Å². The molecule has 0 aliphatic carbocycles. The summed E-state index contributed by atoms with van der Waals surface area (Å²) in [6.07, 6.45) is 2.54. The van der Waals surface area contributed by atoms with E-state index < -0.39 is 0 Å². The van der Waals surface area contributed by atoms with Gasteiger partial charge in [0.05, 0.1) is 12.2 Å². The van der Waals surface area contributed by atoms with Crippen molar-refractivity contribution < 1.29 is 4.74 Å². The van der Waals surface area contributed by atoms with Crippen molar-refractivity contribution in [1.82, 2.24) is 14.9 Å². The third kappa shape index (κ3) is 3.03. The average Bonchev–Trinajstić information content (AvgIpc) is 2.76. The maximum atomic E-state index is 5.86. The van der Waals surface area contributed by atoms with Crippen molar-refractivity contribution in [3.63, 3.8) is 0 Å². The van der Waals surface area contributed by atoms with Gasteiger partial charge in [-0.1, -0.05) is 13.8 Å². The van der Waals surface area contributed by atoms with E-state index in [0.717, 1.165) is 25.3 Å². The van der Waals surface area contributed by atoms with Crippen LogP contribution in [0.15, 0.2) is 12.3 Å². The number of hydrogen-bond donors (Lipinski definition) is 1. The number of rotatable bonds is 3. The summed E-state index contributed by atoms with van der Waals surface area (Å²) in [5.74, 6) is 0.473. The first kappa shape index (κ1) is 15.5. The van der Waals surface area contributed by atoms with E-state index >= 15 is 0 Å². The molecule has 0 saturated carbocycles.